The van der Waals surface area contributed by atoms with Crippen LogP contribution in [0, 0.1) is 12.7 Å². The van der Waals surface area contributed by atoms with Gasteiger partial charge in [0.2, 0.25) is 0 Å². The topological polar surface area (TPSA) is 66.0 Å². The Kier molecular flexibility index (Phi) is 3.47. The molecule has 2 aromatic carbocycles. The van der Waals surface area contributed by atoms with Crippen molar-refractivity contribution in [2.24, 2.45) is 0 Å². The van der Waals surface area contributed by atoms with Crippen LogP contribution in [0.15, 0.2) is 48.7 Å². The van der Waals surface area contributed by atoms with Crippen LogP contribution in [-0.2, 0) is 0 Å². The van der Waals surface area contributed by atoms with E-state index in [1.807, 2.05) is 13.0 Å². The normalized spacial score (nSPS) is 10.6. The lowest BCUT2D eigenvalue weighted by molar-refractivity contribution is 0.103. The first-order chi connectivity index (χ1) is 10.6. The second kappa shape index (κ2) is 5.44. The number of carbonyl (C=O) groups excluding carboxylic acids is 1. The fourth-order valence-corrected chi connectivity index (χ4v) is 2.30. The molecule has 0 fully saturated rings. The molecule has 4 nitrogen and oxygen atoms in total. The van der Waals surface area contributed by atoms with Crippen LogP contribution in [0.2, 0.25) is 0 Å². The van der Waals surface area contributed by atoms with Gasteiger partial charge in [-0.15, -0.1) is 0 Å². The van der Waals surface area contributed by atoms with Gasteiger partial charge >= 0.3 is 0 Å². The molecule has 1 heterocycles. The Balaban J connectivity index is 2.07. The lowest BCUT2D eigenvalue weighted by Gasteiger charge is -2.06. The highest BCUT2D eigenvalue weighted by atomic mass is 19.1. The van der Waals surface area contributed by atoms with Gasteiger partial charge in [-0.25, -0.2) is 4.39 Å². The number of hydrogen-bond acceptors (Lipinski definition) is 3. The molecular formula is C17H13FN2O2. The number of H-pyrrole nitrogens is 1. The molecule has 1 aromatic heterocycles. The smallest absolute Gasteiger partial charge is 0.196 e. The van der Waals surface area contributed by atoms with E-state index in [0.29, 0.717) is 11.3 Å². The van der Waals surface area contributed by atoms with Crippen molar-refractivity contribution < 1.29 is 14.3 Å². The molecule has 0 atom stereocenters. The maximum atomic E-state index is 13.3. The second-order valence-corrected chi connectivity index (χ2v) is 5.02. The monoisotopic (exact) mass is 296 g/mol. The van der Waals surface area contributed by atoms with E-state index in [1.165, 1.54) is 30.5 Å². The number of rotatable bonds is 3. The third-order valence-corrected chi connectivity index (χ3v) is 3.39. The van der Waals surface area contributed by atoms with Gasteiger partial charge in [0, 0.05) is 11.1 Å². The zero-order chi connectivity index (χ0) is 15.7. The van der Waals surface area contributed by atoms with Crippen molar-refractivity contribution in [2.75, 3.05) is 0 Å². The van der Waals surface area contributed by atoms with Crippen LogP contribution in [0.4, 0.5) is 4.39 Å². The highest BCUT2D eigenvalue weighted by Crippen LogP contribution is 2.31. The Morgan fingerprint density at radius 2 is 2.05 bits per heavy atom. The molecule has 110 valence electrons. The predicted molar refractivity (Wildman–Crippen MR) is 80.3 cm³/mol. The molecule has 0 aliphatic heterocycles. The van der Waals surface area contributed by atoms with E-state index in [4.69, 9.17) is 0 Å². The Morgan fingerprint density at radius 3 is 2.77 bits per heavy atom. The Morgan fingerprint density at radius 1 is 1.23 bits per heavy atom. The number of nitrogens with zero attached hydrogens (tertiary/aromatic N) is 1. The first kappa shape index (κ1) is 14.0. The van der Waals surface area contributed by atoms with Gasteiger partial charge in [-0.05, 0) is 36.8 Å². The quantitative estimate of drug-likeness (QED) is 0.727. The summed E-state index contributed by atoms with van der Waals surface area (Å²) >= 11 is 0. The van der Waals surface area contributed by atoms with Gasteiger partial charge in [0.25, 0.3) is 0 Å². The average Bonchev–Trinajstić information content (AvgIpc) is 2.95. The molecule has 0 aliphatic rings. The third kappa shape index (κ3) is 2.48. The number of phenols is 1. The number of benzene rings is 2. The van der Waals surface area contributed by atoms with Crippen LogP contribution in [0.1, 0.15) is 21.5 Å². The van der Waals surface area contributed by atoms with Gasteiger partial charge in [-0.3, -0.25) is 9.89 Å². The summed E-state index contributed by atoms with van der Waals surface area (Å²) in [6, 6.07) is 10.6. The summed E-state index contributed by atoms with van der Waals surface area (Å²) in [5.74, 6) is -0.783. The number of nitrogens with one attached hydrogen (secondary N) is 1. The van der Waals surface area contributed by atoms with E-state index in [1.54, 1.807) is 12.1 Å². The van der Waals surface area contributed by atoms with Crippen molar-refractivity contribution >= 4 is 5.78 Å². The summed E-state index contributed by atoms with van der Waals surface area (Å²) in [5, 5.41) is 16.7. The minimum atomic E-state index is -0.478. The molecule has 22 heavy (non-hydrogen) atoms. The maximum Gasteiger partial charge on any atom is 0.196 e. The van der Waals surface area contributed by atoms with Crippen molar-refractivity contribution in [3.8, 4) is 17.0 Å². The Bertz CT molecular complexity index is 855. The highest BCUT2D eigenvalue weighted by Gasteiger charge is 2.19. The van der Waals surface area contributed by atoms with Gasteiger partial charge < -0.3 is 5.11 Å². The van der Waals surface area contributed by atoms with Crippen molar-refractivity contribution in [1.29, 1.82) is 0 Å². The fraction of sp³-hybridized carbons (Fsp3) is 0.0588. The van der Waals surface area contributed by atoms with Crippen molar-refractivity contribution in [3.63, 3.8) is 0 Å². The lowest BCUT2D eigenvalue weighted by Crippen LogP contribution is -2.02. The number of halogens is 1. The van der Waals surface area contributed by atoms with Gasteiger partial charge in [0.15, 0.2) is 5.78 Å². The molecule has 5 heteroatoms. The number of aromatic hydroxyl groups is 1. The van der Waals surface area contributed by atoms with Gasteiger partial charge in [-0.1, -0.05) is 18.2 Å². The van der Waals surface area contributed by atoms with Gasteiger partial charge in [-0.2, -0.15) is 5.10 Å². The fourth-order valence-electron chi connectivity index (χ4n) is 2.30. The van der Waals surface area contributed by atoms with E-state index in [-0.39, 0.29) is 22.7 Å². The summed E-state index contributed by atoms with van der Waals surface area (Å²) in [6.07, 6.45) is 1.38. The molecule has 0 amide bonds. The third-order valence-electron chi connectivity index (χ3n) is 3.39. The second-order valence-electron chi connectivity index (χ2n) is 5.02. The van der Waals surface area contributed by atoms with E-state index in [0.717, 1.165) is 5.56 Å². The van der Waals surface area contributed by atoms with E-state index < -0.39 is 5.82 Å². The predicted octanol–water partition coefficient (Wildman–Crippen LogP) is 3.46. The zero-order valence-electron chi connectivity index (χ0n) is 11.8. The minimum absolute atomic E-state index is 0.0533. The number of phenolic OH excluding ortho intramolecular Hbond substituents is 1. The number of aromatic amines is 1. The first-order valence-electron chi connectivity index (χ1n) is 6.70. The summed E-state index contributed by atoms with van der Waals surface area (Å²) in [7, 11) is 0. The molecule has 2 N–H and O–H groups in total. The van der Waals surface area contributed by atoms with E-state index >= 15 is 0 Å². The average molecular weight is 296 g/mol. The van der Waals surface area contributed by atoms with Crippen molar-refractivity contribution in [1.82, 2.24) is 10.2 Å². The maximum absolute atomic E-state index is 13.3. The molecule has 0 spiro atoms. The Labute approximate surface area is 126 Å². The van der Waals surface area contributed by atoms with Gasteiger partial charge in [0.1, 0.15) is 11.6 Å². The molecule has 3 rings (SSSR count). The number of hydrogen-bond donors (Lipinski definition) is 2. The van der Waals surface area contributed by atoms with Crippen LogP contribution in [-0.4, -0.2) is 21.1 Å². The summed E-state index contributed by atoms with van der Waals surface area (Å²) in [6.45, 7) is 1.86. The molecule has 0 aliphatic carbocycles. The van der Waals surface area contributed by atoms with Crippen LogP contribution in [0.25, 0.3) is 11.3 Å². The zero-order valence-corrected chi connectivity index (χ0v) is 11.8. The van der Waals surface area contributed by atoms with Crippen LogP contribution in [0.5, 0.6) is 5.75 Å². The van der Waals surface area contributed by atoms with Crippen LogP contribution in [0.3, 0.4) is 0 Å². The van der Waals surface area contributed by atoms with Gasteiger partial charge in [0.05, 0.1) is 17.5 Å². The SMILES string of the molecule is Cc1ccc(-c2[nH]ncc2C(=O)c2cccc(F)c2)c(O)c1. The molecule has 3 aromatic rings. The highest BCUT2D eigenvalue weighted by molar-refractivity contribution is 6.12. The minimum Gasteiger partial charge on any atom is -0.507 e. The van der Waals surface area contributed by atoms with Crippen LogP contribution < -0.4 is 0 Å². The molecular weight excluding hydrogens is 283 g/mol. The molecule has 0 unspecified atom stereocenters. The summed E-state index contributed by atoms with van der Waals surface area (Å²) in [5.41, 5.74) is 2.30. The number of aryl methyl sites for hydroxylation is 1. The number of ketones is 1. The van der Waals surface area contributed by atoms with E-state index in [9.17, 15) is 14.3 Å². The molecule has 0 saturated carbocycles. The van der Waals surface area contributed by atoms with Crippen molar-refractivity contribution in [3.05, 3.63) is 71.2 Å². The lowest BCUT2D eigenvalue weighted by atomic mass is 9.99. The standard InChI is InChI=1S/C17H13FN2O2/c1-10-5-6-13(15(21)7-10)16-14(9-19-20-16)17(22)11-3-2-4-12(18)8-11/h2-9,21H,1H3,(H,19,20). The molecule has 0 radical (unpaired) electrons. The first-order valence-corrected chi connectivity index (χ1v) is 6.70. The molecule has 0 saturated heterocycles. The molecule has 0 bridgehead atoms. The summed E-state index contributed by atoms with van der Waals surface area (Å²) in [4.78, 5) is 12.5. The Hall–Kier alpha value is -2.95. The largest absolute Gasteiger partial charge is 0.507 e. The van der Waals surface area contributed by atoms with E-state index in [2.05, 4.69) is 10.2 Å². The number of aromatic nitrogens is 2. The van der Waals surface area contributed by atoms with Crippen molar-refractivity contribution in [2.45, 2.75) is 6.92 Å². The summed E-state index contributed by atoms with van der Waals surface area (Å²) < 4.78 is 13.3. The van der Waals surface area contributed by atoms with Crippen LogP contribution >= 0.6 is 0 Å². The number of carbonyl (C=O) groups is 1.